The number of nitrogens with two attached hydrogens (primary N) is 1. The Morgan fingerprint density at radius 2 is 1.94 bits per heavy atom. The number of hydrogen-bond donors (Lipinski definition) is 3. The lowest BCUT2D eigenvalue weighted by Gasteiger charge is -2.38. The lowest BCUT2D eigenvalue weighted by Crippen LogP contribution is -2.43. The van der Waals surface area contributed by atoms with Crippen LogP contribution in [0.2, 0.25) is 0 Å². The lowest BCUT2D eigenvalue weighted by molar-refractivity contribution is -0.138. The van der Waals surface area contributed by atoms with E-state index >= 15 is 0 Å². The number of ketones is 1. The van der Waals surface area contributed by atoms with E-state index in [-0.39, 0.29) is 29.2 Å². The Balaban J connectivity index is 1.77. The maximum Gasteiger partial charge on any atom is 0.328 e. The highest BCUT2D eigenvalue weighted by atomic mass is 33.1. The first-order valence-corrected chi connectivity index (χ1v) is 12.4. The topological polar surface area (TPSA) is 121 Å². The summed E-state index contributed by atoms with van der Waals surface area (Å²) in [6.45, 7) is 0.727. The quantitative estimate of drug-likeness (QED) is 0.351. The molecular weight excluding hydrogens is 443 g/mol. The van der Waals surface area contributed by atoms with Gasteiger partial charge in [0.1, 0.15) is 11.9 Å². The van der Waals surface area contributed by atoms with Gasteiger partial charge in [0.2, 0.25) is 0 Å². The Bertz CT molecular complexity index is 877. The van der Waals surface area contributed by atoms with Gasteiger partial charge in [-0.2, -0.15) is 0 Å². The van der Waals surface area contributed by atoms with Gasteiger partial charge in [0.15, 0.2) is 5.78 Å². The second-order valence-corrected chi connectivity index (χ2v) is 10.3. The number of rotatable bonds is 10. The van der Waals surface area contributed by atoms with Crippen molar-refractivity contribution in [3.63, 3.8) is 0 Å². The van der Waals surface area contributed by atoms with Gasteiger partial charge in [-0.1, -0.05) is 39.8 Å². The van der Waals surface area contributed by atoms with Crippen molar-refractivity contribution in [2.24, 2.45) is 11.7 Å². The molecule has 4 N–H and O–H groups in total. The average molecular weight is 469 g/mol. The van der Waals surface area contributed by atoms with Crippen molar-refractivity contribution in [3.05, 3.63) is 47.3 Å². The number of benzene rings is 1. The van der Waals surface area contributed by atoms with Crippen molar-refractivity contribution in [1.29, 1.82) is 0 Å². The molecule has 1 saturated heterocycles. The fraction of sp³-hybridized carbons (Fsp3) is 0.476. The molecule has 0 spiro atoms. The van der Waals surface area contributed by atoms with Gasteiger partial charge in [0.05, 0.1) is 6.04 Å². The zero-order valence-electron chi connectivity index (χ0n) is 16.8. The number of nitrogens with zero attached hydrogens (tertiary/aromatic N) is 1. The van der Waals surface area contributed by atoms with Crippen LogP contribution < -0.4 is 5.73 Å². The Morgan fingerprint density at radius 1 is 1.23 bits per heavy atom. The Hall–Kier alpha value is -1.88. The van der Waals surface area contributed by atoms with Crippen LogP contribution in [0.1, 0.15) is 30.9 Å². The zero-order chi connectivity index (χ0) is 22.5. The fourth-order valence-electron chi connectivity index (χ4n) is 3.60. The standard InChI is InChI=1S/C21H25FN2O5S2/c22-15-4-2-1-3-14(15)19(20(27)12-5-6-12)24-8-7-17(13(10-24)9-18(25)26)31-30-11-16(23)21(28)29/h1-4,9,12,16-17,19H,5-8,10-11,23H2,(H,25,26)(H,28,29)/b13-9-/t16-,17?,19?/m0/s1. The molecule has 1 aromatic carbocycles. The van der Waals surface area contributed by atoms with E-state index < -0.39 is 29.8 Å². The summed E-state index contributed by atoms with van der Waals surface area (Å²) in [7, 11) is 2.68. The molecule has 0 bridgehead atoms. The molecule has 1 saturated carbocycles. The maximum absolute atomic E-state index is 14.6. The molecule has 168 valence electrons. The molecule has 31 heavy (non-hydrogen) atoms. The second-order valence-electron chi connectivity index (χ2n) is 7.73. The van der Waals surface area contributed by atoms with Crippen molar-refractivity contribution >= 4 is 39.3 Å². The number of carboxylic acids is 2. The van der Waals surface area contributed by atoms with Crippen LogP contribution in [-0.2, 0) is 14.4 Å². The number of carbonyl (C=O) groups is 3. The minimum absolute atomic E-state index is 0.0207. The number of carboxylic acid groups (broad SMARTS) is 2. The summed E-state index contributed by atoms with van der Waals surface area (Å²) >= 11 is 0. The average Bonchev–Trinajstić information content (AvgIpc) is 3.55. The van der Waals surface area contributed by atoms with Crippen LogP contribution in [0, 0.1) is 11.7 Å². The number of piperidine rings is 1. The monoisotopic (exact) mass is 468 g/mol. The molecule has 10 heteroatoms. The summed E-state index contributed by atoms with van der Waals surface area (Å²) in [5.41, 5.74) is 6.47. The van der Waals surface area contributed by atoms with E-state index in [1.54, 1.807) is 18.2 Å². The molecule has 0 amide bonds. The minimum atomic E-state index is -1.09. The minimum Gasteiger partial charge on any atom is -0.480 e. The highest BCUT2D eigenvalue weighted by Gasteiger charge is 2.41. The maximum atomic E-state index is 14.6. The van der Waals surface area contributed by atoms with E-state index in [1.165, 1.54) is 27.7 Å². The highest BCUT2D eigenvalue weighted by Crippen LogP contribution is 2.42. The van der Waals surface area contributed by atoms with Gasteiger partial charge in [-0.25, -0.2) is 9.18 Å². The predicted molar refractivity (Wildman–Crippen MR) is 118 cm³/mol. The molecule has 1 aromatic rings. The third-order valence-corrected chi connectivity index (χ3v) is 8.27. The highest BCUT2D eigenvalue weighted by molar-refractivity contribution is 8.77. The van der Waals surface area contributed by atoms with Gasteiger partial charge >= 0.3 is 11.9 Å². The van der Waals surface area contributed by atoms with Gasteiger partial charge in [-0.05, 0) is 30.9 Å². The van der Waals surface area contributed by atoms with Crippen LogP contribution >= 0.6 is 21.6 Å². The van der Waals surface area contributed by atoms with E-state index in [9.17, 15) is 23.9 Å². The van der Waals surface area contributed by atoms with E-state index in [1.807, 2.05) is 4.90 Å². The molecule has 2 fully saturated rings. The molecule has 3 rings (SSSR count). The van der Waals surface area contributed by atoms with E-state index in [4.69, 9.17) is 10.8 Å². The molecule has 0 radical (unpaired) electrons. The van der Waals surface area contributed by atoms with Crippen LogP contribution in [0.25, 0.3) is 0 Å². The number of Topliss-reactive ketones (excluding diaryl/α,β-unsaturated/α-hetero) is 1. The molecule has 0 aromatic heterocycles. The fourth-order valence-corrected chi connectivity index (χ4v) is 6.42. The first-order valence-electron chi connectivity index (χ1n) is 10.00. The van der Waals surface area contributed by atoms with E-state index in [2.05, 4.69) is 0 Å². The van der Waals surface area contributed by atoms with E-state index in [0.29, 0.717) is 24.1 Å². The van der Waals surface area contributed by atoms with Crippen LogP contribution in [0.15, 0.2) is 35.9 Å². The van der Waals surface area contributed by atoms with Crippen molar-refractivity contribution in [1.82, 2.24) is 4.90 Å². The van der Waals surface area contributed by atoms with Crippen LogP contribution in [0.4, 0.5) is 4.39 Å². The summed E-state index contributed by atoms with van der Waals surface area (Å²) < 4.78 is 14.6. The van der Waals surface area contributed by atoms with Gasteiger partial charge in [-0.15, -0.1) is 0 Å². The summed E-state index contributed by atoms with van der Waals surface area (Å²) in [4.78, 5) is 37.2. The van der Waals surface area contributed by atoms with Crippen molar-refractivity contribution in [2.75, 3.05) is 18.8 Å². The largest absolute Gasteiger partial charge is 0.480 e. The molecule has 1 aliphatic carbocycles. The number of carbonyl (C=O) groups excluding carboxylic acids is 1. The number of likely N-dealkylation sites (tertiary alicyclic amines) is 1. The predicted octanol–water partition coefficient (Wildman–Crippen LogP) is 2.72. The SMILES string of the molecule is N[C@@H](CSSC1CCN(C(C(=O)C2CC2)c2ccccc2F)C/C1=C/C(=O)O)C(=O)O. The van der Waals surface area contributed by atoms with Gasteiger partial charge < -0.3 is 15.9 Å². The normalized spacial score (nSPS) is 22.8. The Labute approximate surface area is 187 Å². The second kappa shape index (κ2) is 10.6. The molecule has 1 heterocycles. The molecule has 2 aliphatic rings. The van der Waals surface area contributed by atoms with Crippen molar-refractivity contribution in [3.8, 4) is 0 Å². The summed E-state index contributed by atoms with van der Waals surface area (Å²) in [6, 6.07) is 4.49. The first kappa shape index (κ1) is 23.8. The summed E-state index contributed by atoms with van der Waals surface area (Å²) in [5.74, 6) is -2.52. The number of aliphatic carboxylic acids is 2. The molecule has 7 nitrogen and oxygen atoms in total. The molecule has 3 atom stereocenters. The van der Waals surface area contributed by atoms with Gasteiger partial charge in [-0.3, -0.25) is 14.5 Å². The van der Waals surface area contributed by atoms with Crippen LogP contribution in [-0.4, -0.2) is 63.0 Å². The smallest absolute Gasteiger partial charge is 0.328 e. The number of halogens is 1. The third-order valence-electron chi connectivity index (χ3n) is 5.35. The van der Waals surface area contributed by atoms with Gasteiger partial charge in [0.25, 0.3) is 0 Å². The van der Waals surface area contributed by atoms with Crippen LogP contribution in [0.5, 0.6) is 0 Å². The summed E-state index contributed by atoms with van der Waals surface area (Å²) in [6.07, 6.45) is 3.30. The van der Waals surface area contributed by atoms with E-state index in [0.717, 1.165) is 18.9 Å². The zero-order valence-corrected chi connectivity index (χ0v) is 18.4. The third kappa shape index (κ3) is 6.31. The first-order chi connectivity index (χ1) is 14.8. The number of hydrogen-bond acceptors (Lipinski definition) is 7. The van der Waals surface area contributed by atoms with Gasteiger partial charge in [0, 0.05) is 41.6 Å². The molecule has 2 unspecified atom stereocenters. The lowest BCUT2D eigenvalue weighted by atomic mass is 9.93. The molecular formula is C21H25FN2O5S2. The molecule has 1 aliphatic heterocycles. The Kier molecular flexibility index (Phi) is 8.15. The Morgan fingerprint density at radius 3 is 2.55 bits per heavy atom. The summed E-state index contributed by atoms with van der Waals surface area (Å²) in [5, 5.41) is 18.1. The van der Waals surface area contributed by atoms with Crippen molar-refractivity contribution in [2.45, 2.75) is 36.6 Å². The van der Waals surface area contributed by atoms with Crippen LogP contribution in [0.3, 0.4) is 0 Å². The van der Waals surface area contributed by atoms with Crippen molar-refractivity contribution < 1.29 is 29.0 Å².